The first-order valence-electron chi connectivity index (χ1n) is 10.9. The molecule has 4 rings (SSSR count). The Labute approximate surface area is 173 Å². The summed E-state index contributed by atoms with van der Waals surface area (Å²) in [7, 11) is 1.70. The number of rotatable bonds is 7. The molecule has 2 heterocycles. The summed E-state index contributed by atoms with van der Waals surface area (Å²) in [6.07, 6.45) is 5.49. The van der Waals surface area contributed by atoms with Crippen LogP contribution in [-0.2, 0) is 12.8 Å². The van der Waals surface area contributed by atoms with Gasteiger partial charge in [0.25, 0.3) is 0 Å². The van der Waals surface area contributed by atoms with Gasteiger partial charge in [0, 0.05) is 17.3 Å². The van der Waals surface area contributed by atoms with Gasteiger partial charge in [0.05, 0.1) is 18.4 Å². The molecule has 0 radical (unpaired) electrons. The van der Waals surface area contributed by atoms with Crippen LogP contribution >= 0.6 is 0 Å². The number of nitrogens with zero attached hydrogens (tertiary/aromatic N) is 3. The molecule has 0 saturated heterocycles. The fourth-order valence-corrected chi connectivity index (χ4v) is 4.32. The lowest BCUT2D eigenvalue weighted by Crippen LogP contribution is -2.21. The summed E-state index contributed by atoms with van der Waals surface area (Å²) in [5.74, 6) is 2.32. The number of methoxy groups -OCH3 is 1. The van der Waals surface area contributed by atoms with Crippen LogP contribution in [0.3, 0.4) is 0 Å². The van der Waals surface area contributed by atoms with Crippen LogP contribution in [-0.4, -0.2) is 27.7 Å². The number of aromatic nitrogens is 3. The van der Waals surface area contributed by atoms with Crippen LogP contribution in [0, 0.1) is 0 Å². The molecule has 154 valence electrons. The predicted octanol–water partition coefficient (Wildman–Crippen LogP) is 5.62. The first-order chi connectivity index (χ1) is 14.1. The Morgan fingerprint density at radius 3 is 2.45 bits per heavy atom. The molecule has 5 nitrogen and oxygen atoms in total. The molecule has 1 aliphatic rings. The summed E-state index contributed by atoms with van der Waals surface area (Å²) in [5, 5.41) is 8.90. The van der Waals surface area contributed by atoms with Gasteiger partial charge in [0.15, 0.2) is 5.65 Å². The summed E-state index contributed by atoms with van der Waals surface area (Å²) in [6.45, 7) is 8.89. The van der Waals surface area contributed by atoms with Crippen molar-refractivity contribution in [1.29, 1.82) is 0 Å². The molecular weight excluding hydrogens is 360 g/mol. The molecule has 29 heavy (non-hydrogen) atoms. The van der Waals surface area contributed by atoms with Crippen LogP contribution in [0.4, 0.5) is 5.82 Å². The minimum absolute atomic E-state index is 0.310. The van der Waals surface area contributed by atoms with Crippen molar-refractivity contribution in [2.24, 2.45) is 0 Å². The van der Waals surface area contributed by atoms with Gasteiger partial charge in [0.1, 0.15) is 11.6 Å². The number of hydrogen-bond acceptors (Lipinski definition) is 4. The molecule has 0 bridgehead atoms. The molecule has 1 N–H and O–H groups in total. The number of nitrogens with one attached hydrogen (secondary N) is 1. The highest BCUT2D eigenvalue weighted by atomic mass is 16.5. The zero-order valence-electron chi connectivity index (χ0n) is 18.2. The van der Waals surface area contributed by atoms with Crippen molar-refractivity contribution in [3.63, 3.8) is 0 Å². The van der Waals surface area contributed by atoms with E-state index in [2.05, 4.69) is 49.7 Å². The average Bonchev–Trinajstić information content (AvgIpc) is 3.36. The Morgan fingerprint density at radius 1 is 1.10 bits per heavy atom. The first kappa shape index (κ1) is 19.7. The number of anilines is 1. The van der Waals surface area contributed by atoms with E-state index >= 15 is 0 Å². The van der Waals surface area contributed by atoms with E-state index in [1.807, 2.05) is 12.1 Å². The minimum atomic E-state index is 0.310. The molecule has 0 saturated carbocycles. The summed E-state index contributed by atoms with van der Waals surface area (Å²) in [4.78, 5) is 5.13. The van der Waals surface area contributed by atoms with Gasteiger partial charge in [-0.25, -0.2) is 4.98 Å². The Morgan fingerprint density at radius 2 is 1.83 bits per heavy atom. The molecule has 0 amide bonds. The van der Waals surface area contributed by atoms with Gasteiger partial charge in [-0.3, -0.25) is 0 Å². The quantitative estimate of drug-likeness (QED) is 0.567. The predicted molar refractivity (Wildman–Crippen MR) is 119 cm³/mol. The van der Waals surface area contributed by atoms with E-state index in [0.29, 0.717) is 12.0 Å². The number of hydrogen-bond donors (Lipinski definition) is 1. The van der Waals surface area contributed by atoms with Crippen molar-refractivity contribution in [2.75, 3.05) is 12.4 Å². The molecule has 5 heteroatoms. The second kappa shape index (κ2) is 8.05. The summed E-state index contributed by atoms with van der Waals surface area (Å²) < 4.78 is 7.43. The van der Waals surface area contributed by atoms with Crippen molar-refractivity contribution in [3.05, 3.63) is 41.2 Å². The lowest BCUT2D eigenvalue weighted by molar-refractivity contribution is 0.415. The second-order valence-corrected chi connectivity index (χ2v) is 8.28. The van der Waals surface area contributed by atoms with E-state index in [1.165, 1.54) is 17.7 Å². The van der Waals surface area contributed by atoms with Crippen LogP contribution < -0.4 is 10.1 Å². The molecule has 0 fully saturated rings. The normalized spacial score (nSPS) is 13.5. The van der Waals surface area contributed by atoms with E-state index in [0.717, 1.165) is 59.7 Å². The van der Waals surface area contributed by atoms with Gasteiger partial charge in [-0.05, 0) is 55.7 Å². The first-order valence-corrected chi connectivity index (χ1v) is 10.9. The van der Waals surface area contributed by atoms with Crippen molar-refractivity contribution < 1.29 is 4.74 Å². The third kappa shape index (κ3) is 3.47. The zero-order valence-corrected chi connectivity index (χ0v) is 18.2. The maximum Gasteiger partial charge on any atom is 0.165 e. The van der Waals surface area contributed by atoms with Crippen LogP contribution in [0.25, 0.3) is 16.8 Å². The van der Waals surface area contributed by atoms with Crippen molar-refractivity contribution in [3.8, 4) is 16.9 Å². The smallest absolute Gasteiger partial charge is 0.165 e. The van der Waals surface area contributed by atoms with Crippen molar-refractivity contribution in [2.45, 2.75) is 71.8 Å². The van der Waals surface area contributed by atoms with Crippen molar-refractivity contribution in [1.82, 2.24) is 14.6 Å². The zero-order chi connectivity index (χ0) is 20.5. The molecule has 0 atom stereocenters. The largest absolute Gasteiger partial charge is 0.497 e. The topological polar surface area (TPSA) is 51.5 Å². The number of fused-ring (bicyclic) bond motifs is 2. The molecule has 0 spiro atoms. The molecular formula is C24H32N4O. The van der Waals surface area contributed by atoms with E-state index in [9.17, 15) is 0 Å². The van der Waals surface area contributed by atoms with E-state index < -0.39 is 0 Å². The summed E-state index contributed by atoms with van der Waals surface area (Å²) in [5.41, 5.74) is 6.93. The maximum absolute atomic E-state index is 5.35. The lowest BCUT2D eigenvalue weighted by atomic mass is 9.99. The van der Waals surface area contributed by atoms with Gasteiger partial charge in [-0.15, -0.1) is 0 Å². The second-order valence-electron chi connectivity index (χ2n) is 8.28. The third-order valence-electron chi connectivity index (χ3n) is 6.07. The van der Waals surface area contributed by atoms with Crippen LogP contribution in [0.2, 0.25) is 0 Å². The molecule has 0 unspecified atom stereocenters. The molecule has 2 aromatic heterocycles. The Bertz CT molecular complexity index is 1000. The van der Waals surface area contributed by atoms with Crippen LogP contribution in [0.15, 0.2) is 24.3 Å². The molecule has 1 aliphatic carbocycles. The fraction of sp³-hybridized carbons (Fsp3) is 0.500. The van der Waals surface area contributed by atoms with Crippen LogP contribution in [0.5, 0.6) is 5.75 Å². The highest BCUT2D eigenvalue weighted by Gasteiger charge is 2.26. The average molecular weight is 393 g/mol. The Hall–Kier alpha value is -2.56. The molecule has 0 aliphatic heterocycles. The van der Waals surface area contributed by atoms with Gasteiger partial charge in [-0.2, -0.15) is 9.61 Å². The van der Waals surface area contributed by atoms with Crippen molar-refractivity contribution >= 4 is 11.5 Å². The van der Waals surface area contributed by atoms with Gasteiger partial charge in [-0.1, -0.05) is 39.8 Å². The van der Waals surface area contributed by atoms with E-state index in [4.69, 9.17) is 14.8 Å². The van der Waals surface area contributed by atoms with Crippen LogP contribution in [0.1, 0.15) is 69.8 Å². The third-order valence-corrected chi connectivity index (χ3v) is 6.07. The lowest BCUT2D eigenvalue weighted by Gasteiger charge is -2.19. The molecule has 1 aromatic carbocycles. The number of benzene rings is 1. The Balaban J connectivity index is 1.96. The number of ether oxygens (including phenoxy) is 1. The highest BCUT2D eigenvalue weighted by molar-refractivity contribution is 5.82. The van der Waals surface area contributed by atoms with Gasteiger partial charge < -0.3 is 10.1 Å². The molecule has 3 aromatic rings. The van der Waals surface area contributed by atoms with Gasteiger partial charge >= 0.3 is 0 Å². The van der Waals surface area contributed by atoms with E-state index in [-0.39, 0.29) is 0 Å². The SMILES string of the molecule is CCC(CC)Nc1c2c(nc3c(-c4ccc(OC)cc4)c(C(C)C)nn13)CCC2. The highest BCUT2D eigenvalue weighted by Crippen LogP contribution is 2.37. The minimum Gasteiger partial charge on any atom is -0.497 e. The summed E-state index contributed by atoms with van der Waals surface area (Å²) in [6, 6.07) is 8.70. The standard InChI is InChI=1S/C24H32N4O/c1-6-17(7-2)25-23-19-9-8-10-20(19)26-24-21(22(15(3)4)27-28(23)24)16-11-13-18(29-5)14-12-16/h11-15,17,25H,6-10H2,1-5H3. The van der Waals surface area contributed by atoms with Gasteiger partial charge in [0.2, 0.25) is 0 Å². The monoisotopic (exact) mass is 392 g/mol. The fourth-order valence-electron chi connectivity index (χ4n) is 4.32. The summed E-state index contributed by atoms with van der Waals surface area (Å²) >= 11 is 0. The number of aryl methyl sites for hydroxylation is 1. The Kier molecular flexibility index (Phi) is 5.48. The maximum atomic E-state index is 5.35. The van der Waals surface area contributed by atoms with E-state index in [1.54, 1.807) is 7.11 Å².